The molecular formula is C24H41N3O6Si. The fourth-order valence-electron chi connectivity index (χ4n) is 4.19. The predicted octanol–water partition coefficient (Wildman–Crippen LogP) is 4.16. The monoisotopic (exact) mass is 495 g/mol. The smallest absolute Gasteiger partial charge is 0.411 e. The lowest BCUT2D eigenvalue weighted by atomic mass is 10.0. The number of fused-ring (bicyclic) bond motifs is 1. The molecule has 2 fully saturated rings. The third-order valence-corrected chi connectivity index (χ3v) is 11.3. The van der Waals surface area contributed by atoms with Crippen LogP contribution >= 0.6 is 0 Å². The molecule has 0 aromatic carbocycles. The Morgan fingerprint density at radius 2 is 1.74 bits per heavy atom. The van der Waals surface area contributed by atoms with Gasteiger partial charge in [0.05, 0.1) is 18.7 Å². The highest BCUT2D eigenvalue weighted by Crippen LogP contribution is 2.48. The van der Waals surface area contributed by atoms with Gasteiger partial charge in [-0.15, -0.1) is 0 Å². The zero-order chi connectivity index (χ0) is 25.9. The normalized spacial score (nSPS) is 27.1. The Bertz CT molecular complexity index is 978. The van der Waals surface area contributed by atoms with Crippen LogP contribution in [0.25, 0.3) is 0 Å². The Balaban J connectivity index is 2.08. The van der Waals surface area contributed by atoms with Crippen molar-refractivity contribution in [3.63, 3.8) is 0 Å². The van der Waals surface area contributed by atoms with Crippen molar-refractivity contribution in [1.82, 2.24) is 9.88 Å². The first-order chi connectivity index (χ1) is 15.3. The van der Waals surface area contributed by atoms with Crippen molar-refractivity contribution < 1.29 is 23.4 Å². The van der Waals surface area contributed by atoms with Crippen LogP contribution in [0.3, 0.4) is 0 Å². The lowest BCUT2D eigenvalue weighted by molar-refractivity contribution is -0.168. The van der Waals surface area contributed by atoms with Crippen LogP contribution in [0.1, 0.15) is 67.0 Å². The van der Waals surface area contributed by atoms with Crippen LogP contribution < -0.4 is 11.3 Å². The number of nitrogens with two attached hydrogens (primary N) is 1. The number of aromatic nitrogens is 1. The van der Waals surface area contributed by atoms with Gasteiger partial charge in [-0.25, -0.2) is 4.79 Å². The number of carbonyl (C=O) groups is 1. The van der Waals surface area contributed by atoms with Crippen molar-refractivity contribution in [2.45, 2.75) is 109 Å². The van der Waals surface area contributed by atoms with Gasteiger partial charge in [0.2, 0.25) is 0 Å². The molecule has 1 aromatic heterocycles. The van der Waals surface area contributed by atoms with Crippen LogP contribution in [0.4, 0.5) is 10.6 Å². The van der Waals surface area contributed by atoms with Crippen molar-refractivity contribution >= 4 is 20.2 Å². The van der Waals surface area contributed by atoms with Gasteiger partial charge in [0.15, 0.2) is 14.1 Å². The molecule has 9 nitrogen and oxygen atoms in total. The second kappa shape index (κ2) is 8.65. The highest BCUT2D eigenvalue weighted by atomic mass is 28.4. The van der Waals surface area contributed by atoms with Gasteiger partial charge in [0.25, 0.3) is 5.56 Å². The standard InChI is InChI=1S/C24H41N3O6Si/c1-22(2,3)33-21(29)27-15(13-30-34(9,10)23(4,5)6)18-19(32-24(7,8)31-18)17(27)14-11-12-16(25)26-20(14)28/h11-12,15,17-19H,13H2,1-10H3,(H3,25,26,28)/t15-,17?,18-,19+/m1/s1. The summed E-state index contributed by atoms with van der Waals surface area (Å²) < 4.78 is 24.9. The lowest BCUT2D eigenvalue weighted by Gasteiger charge is -2.39. The maximum absolute atomic E-state index is 13.6. The van der Waals surface area contributed by atoms with E-state index in [0.29, 0.717) is 5.56 Å². The number of likely N-dealkylation sites (tertiary alicyclic amines) is 1. The largest absolute Gasteiger partial charge is 0.444 e. The second-order valence-corrected chi connectivity index (χ2v) is 17.0. The molecule has 0 aliphatic carbocycles. The van der Waals surface area contributed by atoms with Gasteiger partial charge < -0.3 is 29.4 Å². The van der Waals surface area contributed by atoms with Crippen LogP contribution in [0.15, 0.2) is 16.9 Å². The van der Waals surface area contributed by atoms with Gasteiger partial charge in [0, 0.05) is 5.56 Å². The minimum atomic E-state index is -2.14. The minimum Gasteiger partial charge on any atom is -0.444 e. The molecule has 3 rings (SSSR count). The van der Waals surface area contributed by atoms with E-state index in [4.69, 9.17) is 24.4 Å². The number of nitrogens with one attached hydrogen (secondary N) is 1. The van der Waals surface area contributed by atoms with E-state index in [-0.39, 0.29) is 23.0 Å². The van der Waals surface area contributed by atoms with Gasteiger partial charge in [-0.05, 0) is 64.9 Å². The molecular weight excluding hydrogens is 454 g/mol. The van der Waals surface area contributed by atoms with E-state index in [1.807, 2.05) is 34.6 Å². The predicted molar refractivity (Wildman–Crippen MR) is 133 cm³/mol. The van der Waals surface area contributed by atoms with Crippen molar-refractivity contribution in [2.75, 3.05) is 12.3 Å². The van der Waals surface area contributed by atoms with Gasteiger partial charge in [-0.3, -0.25) is 9.69 Å². The molecule has 0 bridgehead atoms. The number of nitrogen functional groups attached to an aromatic ring is 1. The molecule has 10 heteroatoms. The zero-order valence-electron chi connectivity index (χ0n) is 22.1. The van der Waals surface area contributed by atoms with Crippen molar-refractivity contribution in [1.29, 1.82) is 0 Å². The highest BCUT2D eigenvalue weighted by molar-refractivity contribution is 6.74. The van der Waals surface area contributed by atoms with E-state index in [1.54, 1.807) is 17.0 Å². The average Bonchev–Trinajstić information content (AvgIpc) is 3.08. The summed E-state index contributed by atoms with van der Waals surface area (Å²) in [4.78, 5) is 30.7. The van der Waals surface area contributed by atoms with E-state index in [9.17, 15) is 9.59 Å². The van der Waals surface area contributed by atoms with E-state index >= 15 is 0 Å². The molecule has 0 radical (unpaired) electrons. The molecule has 4 atom stereocenters. The molecule has 0 saturated carbocycles. The first kappa shape index (κ1) is 26.7. The Morgan fingerprint density at radius 1 is 1.15 bits per heavy atom. The summed E-state index contributed by atoms with van der Waals surface area (Å²) in [6.07, 6.45) is -1.61. The highest BCUT2D eigenvalue weighted by Gasteiger charge is 2.61. The van der Waals surface area contributed by atoms with Crippen molar-refractivity contribution in [2.24, 2.45) is 0 Å². The Hall–Kier alpha value is -1.88. The molecule has 1 aromatic rings. The van der Waals surface area contributed by atoms with Crippen LogP contribution in [0.2, 0.25) is 18.1 Å². The van der Waals surface area contributed by atoms with Crippen LogP contribution in [0.5, 0.6) is 0 Å². The van der Waals surface area contributed by atoms with E-state index < -0.39 is 50.1 Å². The molecule has 2 aliphatic rings. The SMILES string of the molecule is CC(C)(C)OC(=O)N1C(c2ccc(N)[nH]c2=O)[C@@H]2OC(C)(C)O[C@@H]2[C@H]1CO[Si](C)(C)C(C)(C)C. The quantitative estimate of drug-likeness (QED) is 0.603. The van der Waals surface area contributed by atoms with Crippen LogP contribution in [-0.2, 0) is 18.6 Å². The number of nitrogens with zero attached hydrogens (tertiary/aromatic N) is 1. The summed E-state index contributed by atoms with van der Waals surface area (Å²) >= 11 is 0. The van der Waals surface area contributed by atoms with Gasteiger partial charge >= 0.3 is 6.09 Å². The number of pyridine rings is 1. The summed E-state index contributed by atoms with van der Waals surface area (Å²) in [6, 6.07) is 2.02. The molecule has 3 heterocycles. The van der Waals surface area contributed by atoms with Crippen molar-refractivity contribution in [3.05, 3.63) is 28.0 Å². The maximum atomic E-state index is 13.6. The first-order valence-electron chi connectivity index (χ1n) is 11.8. The lowest BCUT2D eigenvalue weighted by Crippen LogP contribution is -2.51. The average molecular weight is 496 g/mol. The molecule has 1 amide bonds. The molecule has 0 spiro atoms. The Kier molecular flexibility index (Phi) is 6.80. The molecule has 2 aliphatic heterocycles. The topological polar surface area (TPSA) is 116 Å². The minimum absolute atomic E-state index is 0.0123. The van der Waals surface area contributed by atoms with Crippen molar-refractivity contribution in [3.8, 4) is 0 Å². The summed E-state index contributed by atoms with van der Waals surface area (Å²) in [6.45, 7) is 20.2. The molecule has 2 saturated heterocycles. The number of aromatic amines is 1. The Labute approximate surface area is 203 Å². The van der Waals surface area contributed by atoms with E-state index in [0.717, 1.165) is 0 Å². The molecule has 192 valence electrons. The van der Waals surface area contributed by atoms with Gasteiger partial charge in [-0.2, -0.15) is 0 Å². The zero-order valence-corrected chi connectivity index (χ0v) is 23.1. The molecule has 1 unspecified atom stereocenters. The molecule has 3 N–H and O–H groups in total. The first-order valence-corrected chi connectivity index (χ1v) is 14.7. The van der Waals surface area contributed by atoms with Crippen LogP contribution in [-0.4, -0.2) is 60.5 Å². The number of amides is 1. The van der Waals surface area contributed by atoms with Gasteiger partial charge in [-0.1, -0.05) is 20.8 Å². The fourth-order valence-corrected chi connectivity index (χ4v) is 5.21. The fraction of sp³-hybridized carbons (Fsp3) is 0.750. The van der Waals surface area contributed by atoms with Gasteiger partial charge in [0.1, 0.15) is 23.6 Å². The second-order valence-electron chi connectivity index (χ2n) is 12.2. The summed E-state index contributed by atoms with van der Waals surface area (Å²) in [5.74, 6) is -0.627. The number of anilines is 1. The molecule has 34 heavy (non-hydrogen) atoms. The number of ether oxygens (including phenoxy) is 3. The maximum Gasteiger partial charge on any atom is 0.411 e. The third kappa shape index (κ3) is 5.34. The Morgan fingerprint density at radius 3 is 2.26 bits per heavy atom. The number of rotatable bonds is 4. The summed E-state index contributed by atoms with van der Waals surface area (Å²) in [5.41, 5.74) is 5.05. The number of hydrogen-bond acceptors (Lipinski definition) is 7. The summed E-state index contributed by atoms with van der Waals surface area (Å²) in [5, 5.41) is -0.0123. The number of carbonyl (C=O) groups excluding carboxylic acids is 1. The number of hydrogen-bond donors (Lipinski definition) is 2. The number of H-pyrrole nitrogens is 1. The third-order valence-electron chi connectivity index (χ3n) is 6.82. The van der Waals surface area contributed by atoms with E-state index in [2.05, 4.69) is 38.8 Å². The van der Waals surface area contributed by atoms with E-state index in [1.165, 1.54) is 0 Å². The van der Waals surface area contributed by atoms with Crippen LogP contribution in [0, 0.1) is 0 Å². The summed E-state index contributed by atoms with van der Waals surface area (Å²) in [7, 11) is -2.14.